The maximum atomic E-state index is 4.73. The number of thiocarbonyl (C=S) groups is 2. The monoisotopic (exact) mass is 500 g/mol. The third-order valence-corrected chi connectivity index (χ3v) is 4.68. The summed E-state index contributed by atoms with van der Waals surface area (Å²) < 4.78 is 1.01. The quantitative estimate of drug-likeness (QED) is 0.111. The van der Waals surface area contributed by atoms with Crippen molar-refractivity contribution in [1.29, 1.82) is 0 Å². The minimum Gasteiger partial charge on any atom is -0.412 e. The van der Waals surface area contributed by atoms with Crippen molar-refractivity contribution in [2.24, 2.45) is 0 Å². The van der Waals surface area contributed by atoms with Crippen molar-refractivity contribution < 1.29 is 19.5 Å². The van der Waals surface area contributed by atoms with E-state index >= 15 is 0 Å². The topological polar surface area (TPSA) is 24.1 Å². The second kappa shape index (κ2) is 29.0. The molecule has 2 nitrogen and oxygen atoms in total. The summed E-state index contributed by atoms with van der Waals surface area (Å²) in [5.41, 5.74) is 0. The smallest absolute Gasteiger partial charge is 0.412 e. The van der Waals surface area contributed by atoms with Crippen LogP contribution in [0, 0.1) is 0 Å². The molecule has 7 heteroatoms. The molecule has 0 spiro atoms. The molecular formula is C20H40N2S4Zn. The van der Waals surface area contributed by atoms with Gasteiger partial charge >= 0.3 is 19.5 Å². The molecule has 0 aliphatic rings. The predicted molar refractivity (Wildman–Crippen MR) is 132 cm³/mol. The molecular weight excluding hydrogens is 462 g/mol. The molecule has 0 amide bonds. The van der Waals surface area contributed by atoms with Gasteiger partial charge in [-0.25, -0.2) is 0 Å². The van der Waals surface area contributed by atoms with Crippen LogP contribution in [0.2, 0.25) is 0 Å². The van der Waals surface area contributed by atoms with Crippen molar-refractivity contribution in [3.8, 4) is 0 Å². The Bertz CT molecular complexity index is 288. The number of hydrogen-bond donors (Lipinski definition) is 2. The Balaban J connectivity index is -0.000000411. The van der Waals surface area contributed by atoms with Gasteiger partial charge in [-0.05, 0) is 12.8 Å². The molecule has 0 radical (unpaired) electrons. The number of unbranched alkanes of at least 4 members (excludes halogenated alkanes) is 12. The minimum atomic E-state index is 0. The summed E-state index contributed by atoms with van der Waals surface area (Å²) in [6.07, 6.45) is 18.7. The number of rotatable bonds is 16. The average molecular weight is 502 g/mol. The van der Waals surface area contributed by atoms with E-state index in [0.29, 0.717) is 8.64 Å². The van der Waals surface area contributed by atoms with Crippen molar-refractivity contribution in [2.75, 3.05) is 13.1 Å². The zero-order valence-corrected chi connectivity index (χ0v) is 23.9. The normalized spacial score (nSPS) is 9.56. The maximum Gasteiger partial charge on any atom is 2.00 e. The number of hydrogen-bond acceptors (Lipinski definition) is 4. The van der Waals surface area contributed by atoms with Crippen LogP contribution in [-0.4, -0.2) is 21.7 Å². The molecule has 0 saturated heterocycles. The molecule has 0 fully saturated rings. The average Bonchev–Trinajstić information content (AvgIpc) is 2.60. The van der Waals surface area contributed by atoms with Gasteiger partial charge in [0.1, 0.15) is 0 Å². The van der Waals surface area contributed by atoms with Gasteiger partial charge in [-0.3, -0.25) is 0 Å². The van der Waals surface area contributed by atoms with Gasteiger partial charge in [-0.2, -0.15) is 0 Å². The van der Waals surface area contributed by atoms with Crippen LogP contribution in [0.5, 0.6) is 0 Å². The van der Waals surface area contributed by atoms with Gasteiger partial charge in [-0.1, -0.05) is 99.5 Å². The molecule has 0 saturated carbocycles. The van der Waals surface area contributed by atoms with Crippen LogP contribution in [-0.2, 0) is 44.7 Å². The van der Waals surface area contributed by atoms with E-state index in [0.717, 1.165) is 13.1 Å². The predicted octanol–water partition coefficient (Wildman–Crippen LogP) is 6.31. The molecule has 0 aromatic heterocycles. The Morgan fingerprint density at radius 2 is 0.815 bits per heavy atom. The van der Waals surface area contributed by atoms with Crippen molar-refractivity contribution in [3.05, 3.63) is 0 Å². The van der Waals surface area contributed by atoms with Gasteiger partial charge in [0.2, 0.25) is 0 Å². The first kappa shape index (κ1) is 32.5. The summed E-state index contributed by atoms with van der Waals surface area (Å²) in [6.45, 7) is 6.40. The molecule has 0 heterocycles. The molecule has 0 atom stereocenters. The fourth-order valence-corrected chi connectivity index (χ4v) is 2.95. The van der Waals surface area contributed by atoms with E-state index in [1.807, 2.05) is 0 Å². The third-order valence-electron chi connectivity index (χ3n) is 4.10. The Morgan fingerprint density at radius 3 is 1.07 bits per heavy atom. The largest absolute Gasteiger partial charge is 2.00 e. The molecule has 27 heavy (non-hydrogen) atoms. The molecule has 0 aliphatic heterocycles. The Kier molecular flexibility index (Phi) is 35.0. The van der Waals surface area contributed by atoms with Gasteiger partial charge in [-0.15, -0.1) is 0 Å². The second-order valence-electron chi connectivity index (χ2n) is 6.67. The molecule has 0 aliphatic carbocycles. The van der Waals surface area contributed by atoms with Crippen molar-refractivity contribution >= 4 is 58.3 Å². The summed E-state index contributed by atoms with van der Waals surface area (Å²) in [4.78, 5) is 0. The second-order valence-corrected chi connectivity index (χ2v) is 8.82. The van der Waals surface area contributed by atoms with Crippen LogP contribution in [0.4, 0.5) is 0 Å². The van der Waals surface area contributed by atoms with Gasteiger partial charge in [0, 0.05) is 13.1 Å². The van der Waals surface area contributed by atoms with Crippen LogP contribution in [0.15, 0.2) is 0 Å². The Labute approximate surface area is 204 Å². The van der Waals surface area contributed by atoms with Crippen molar-refractivity contribution in [2.45, 2.75) is 104 Å². The SMILES string of the molecule is CCCCCCCCCNC(=S)[S-].CCCCCCCCCNC(=S)[S-].[Zn+2]. The van der Waals surface area contributed by atoms with Crippen LogP contribution in [0.1, 0.15) is 104 Å². The maximum absolute atomic E-state index is 4.73. The summed E-state index contributed by atoms with van der Waals surface area (Å²) in [7, 11) is 0. The van der Waals surface area contributed by atoms with E-state index in [2.05, 4.69) is 24.5 Å². The first-order valence-corrected chi connectivity index (χ1v) is 12.1. The fraction of sp³-hybridized carbons (Fsp3) is 0.900. The van der Waals surface area contributed by atoms with Crippen molar-refractivity contribution in [3.63, 3.8) is 0 Å². The summed E-state index contributed by atoms with van der Waals surface area (Å²) >= 11 is 18.9. The van der Waals surface area contributed by atoms with E-state index in [1.54, 1.807) is 0 Å². The van der Waals surface area contributed by atoms with Gasteiger partial charge < -0.3 is 60.3 Å². The molecule has 0 unspecified atom stereocenters. The van der Waals surface area contributed by atoms with E-state index in [4.69, 9.17) is 49.7 Å². The molecule has 156 valence electrons. The van der Waals surface area contributed by atoms with E-state index < -0.39 is 0 Å². The van der Waals surface area contributed by atoms with E-state index in [1.165, 1.54) is 89.9 Å². The van der Waals surface area contributed by atoms with E-state index in [9.17, 15) is 0 Å². The van der Waals surface area contributed by atoms with Crippen molar-refractivity contribution in [1.82, 2.24) is 10.6 Å². The Morgan fingerprint density at radius 1 is 0.556 bits per heavy atom. The number of nitrogens with one attached hydrogen (secondary N) is 2. The minimum absolute atomic E-state index is 0. The zero-order valence-electron chi connectivity index (χ0n) is 17.7. The van der Waals surface area contributed by atoms with Crippen LogP contribution in [0.25, 0.3) is 0 Å². The van der Waals surface area contributed by atoms with Crippen LogP contribution in [0.3, 0.4) is 0 Å². The van der Waals surface area contributed by atoms with Crippen LogP contribution < -0.4 is 10.6 Å². The molecule has 0 bridgehead atoms. The first-order valence-electron chi connectivity index (χ1n) is 10.4. The summed E-state index contributed by atoms with van der Waals surface area (Å²) in [6, 6.07) is 0. The third kappa shape index (κ3) is 38.1. The zero-order chi connectivity index (χ0) is 19.9. The molecule has 0 aromatic rings. The molecule has 2 N–H and O–H groups in total. The van der Waals surface area contributed by atoms with Gasteiger partial charge in [0.15, 0.2) is 0 Å². The van der Waals surface area contributed by atoms with Crippen LogP contribution >= 0.6 is 24.4 Å². The van der Waals surface area contributed by atoms with E-state index in [-0.39, 0.29) is 19.5 Å². The first-order chi connectivity index (χ1) is 12.5. The van der Waals surface area contributed by atoms with Gasteiger partial charge in [0.25, 0.3) is 0 Å². The fourth-order valence-electron chi connectivity index (χ4n) is 2.55. The summed E-state index contributed by atoms with van der Waals surface area (Å²) in [5.74, 6) is 0. The molecule has 0 rings (SSSR count). The molecule has 0 aromatic carbocycles. The Hall–Kier alpha value is 0.843. The standard InChI is InChI=1S/2C10H21NS2.Zn/c2*1-2-3-4-5-6-7-8-9-11-10(12)13;/h2*2-9H2,1H3,(H2,11,12,13);/q;;+2/p-2. The van der Waals surface area contributed by atoms with Gasteiger partial charge in [0.05, 0.1) is 0 Å². The summed E-state index contributed by atoms with van der Waals surface area (Å²) in [5, 5.41) is 5.99.